The fourth-order valence-electron chi connectivity index (χ4n) is 22.8. The SMILES string of the molecule is c1ccc(-c2ccc(-n3c4ccc(-c5ccc6c7ccccc7n(-c7cccc(-c8ccccc8)c7)c6c5)cc4c4ncccc43)cc2)cc1.c1ccc(-c2ccc(-n3c4ccccc4c4ccc(-c5ccc6c(c5)c5ncccc5n6-c5ccc(-c6ccccc6)cc5)cc43)cc2)cc1.c1ccc(-c2cccc(-n3c4ccccc4c4ccc(-c5ccc6c(c5)c5ncccc5n6-c5cccc(-c6ccccc6)c5)cc43)c2)cc1. The molecule has 9 nitrogen and oxygen atoms in total. The number of fused-ring (bicyclic) bond motifs is 18. The number of pyridine rings is 3. The minimum atomic E-state index is 1.00. The van der Waals surface area contributed by atoms with Crippen molar-refractivity contribution in [3.8, 4) is 134 Å². The molecule has 0 bridgehead atoms. The first-order valence-electron chi connectivity index (χ1n) is 51.1. The van der Waals surface area contributed by atoms with Crippen molar-refractivity contribution in [1.82, 2.24) is 42.4 Å². The third kappa shape index (κ3) is 15.5. The normalized spacial score (nSPS) is 11.6. The predicted molar refractivity (Wildman–Crippen MR) is 628 cm³/mol. The minimum Gasteiger partial charge on any atom is -0.309 e. The van der Waals surface area contributed by atoms with E-state index < -0.39 is 0 Å². The van der Waals surface area contributed by atoms with Gasteiger partial charge in [-0.3, -0.25) is 15.0 Å². The lowest BCUT2D eigenvalue weighted by Crippen LogP contribution is -1.95. The smallest absolute Gasteiger partial charge is 0.0963 e. The van der Waals surface area contributed by atoms with E-state index in [0.717, 1.165) is 105 Å². The number of aromatic nitrogens is 9. The minimum absolute atomic E-state index is 1.00. The van der Waals surface area contributed by atoms with Crippen LogP contribution >= 0.6 is 0 Å². The summed E-state index contributed by atoms with van der Waals surface area (Å²) in [5, 5.41) is 10.9. The summed E-state index contributed by atoms with van der Waals surface area (Å²) >= 11 is 0. The van der Waals surface area contributed by atoms with Gasteiger partial charge in [-0.05, 0) is 282 Å². The molecule has 0 aliphatic heterocycles. The monoisotopic (exact) mass is 1910 g/mol. The van der Waals surface area contributed by atoms with E-state index in [1.54, 1.807) is 0 Å². The Kier molecular flexibility index (Phi) is 21.8. The fraction of sp³-hybridized carbons (Fsp3) is 0. The third-order valence-electron chi connectivity index (χ3n) is 29.9. The molecular weight excluding hydrogens is 1820 g/mol. The van der Waals surface area contributed by atoms with E-state index in [-0.39, 0.29) is 0 Å². The van der Waals surface area contributed by atoms with Gasteiger partial charge in [-0.1, -0.05) is 364 Å². The van der Waals surface area contributed by atoms with Gasteiger partial charge in [0, 0.05) is 101 Å². The van der Waals surface area contributed by atoms with Gasteiger partial charge < -0.3 is 27.4 Å². The van der Waals surface area contributed by atoms with Crippen molar-refractivity contribution < 1.29 is 0 Å². The lowest BCUT2D eigenvalue weighted by Gasteiger charge is -2.12. The van der Waals surface area contributed by atoms with E-state index in [4.69, 9.17) is 15.0 Å². The molecule has 0 fully saturated rings. The Morgan fingerprint density at radius 3 is 0.573 bits per heavy atom. The lowest BCUT2D eigenvalue weighted by atomic mass is 10.0. The maximum Gasteiger partial charge on any atom is 0.0963 e. The zero-order chi connectivity index (χ0) is 99.1. The van der Waals surface area contributed by atoms with Crippen LogP contribution in [0.2, 0.25) is 0 Å². The first-order valence-corrected chi connectivity index (χ1v) is 51.1. The van der Waals surface area contributed by atoms with Crippen LogP contribution in [-0.4, -0.2) is 42.4 Å². The molecule has 150 heavy (non-hydrogen) atoms. The number of rotatable bonds is 15. The highest BCUT2D eigenvalue weighted by molar-refractivity contribution is 6.16. The highest BCUT2D eigenvalue weighted by atomic mass is 15.0. The Morgan fingerprint density at radius 2 is 0.287 bits per heavy atom. The van der Waals surface area contributed by atoms with Crippen molar-refractivity contribution in [2.24, 2.45) is 0 Å². The molecule has 21 aromatic carbocycles. The molecule has 0 atom stereocenters. The average Bonchev–Trinajstić information content (AvgIpc) is 1.59. The second-order valence-corrected chi connectivity index (χ2v) is 38.6. The number of para-hydroxylation sites is 3. The Morgan fingerprint density at radius 1 is 0.100 bits per heavy atom. The van der Waals surface area contributed by atoms with Crippen molar-refractivity contribution in [3.05, 3.63) is 565 Å². The van der Waals surface area contributed by atoms with E-state index in [1.165, 1.54) is 160 Å². The van der Waals surface area contributed by atoms with Gasteiger partial charge in [-0.15, -0.1) is 0 Å². The molecular formula is C141H93N9. The van der Waals surface area contributed by atoms with E-state index >= 15 is 0 Å². The molecule has 0 N–H and O–H groups in total. The van der Waals surface area contributed by atoms with Crippen molar-refractivity contribution in [1.29, 1.82) is 0 Å². The molecule has 0 radical (unpaired) electrons. The molecule has 0 aliphatic carbocycles. The quantitative estimate of drug-likeness (QED) is 0.103. The molecule has 9 aromatic heterocycles. The molecule has 30 rings (SSSR count). The summed E-state index contributed by atoms with van der Waals surface area (Å²) in [4.78, 5) is 14.7. The molecule has 0 aliphatic rings. The van der Waals surface area contributed by atoms with Crippen molar-refractivity contribution in [3.63, 3.8) is 0 Å². The summed E-state index contributed by atoms with van der Waals surface area (Å²) in [5.41, 5.74) is 45.2. The third-order valence-corrected chi connectivity index (χ3v) is 29.9. The summed E-state index contributed by atoms with van der Waals surface area (Å²) < 4.78 is 14.2. The van der Waals surface area contributed by atoms with Crippen LogP contribution in [0, 0.1) is 0 Å². The van der Waals surface area contributed by atoms with Crippen LogP contribution < -0.4 is 0 Å². The zero-order valence-corrected chi connectivity index (χ0v) is 81.7. The first kappa shape index (κ1) is 87.6. The topological polar surface area (TPSA) is 68.2 Å². The standard InChI is InChI=1S/3C47H31N3/c1-3-12-32(13-4-1)34-16-9-18-38(28-34)49-44-26-24-36(30-42(44)47-45(49)22-11-27-48-47)37-23-25-41-40-20-7-8-21-43(40)50(46(41)31-37)39-19-10-17-35(29-39)33-14-5-2-6-15-33;1-3-11-32(12-4-1)34-20-24-38(25-21-34)49-44-27-23-36(30-42(44)47-45(49)19-10-28-48-47)37-22-26-41-40-17-7-8-18-43(40)50(46(41)31-37)39-16-9-15-35(29-39)33-13-5-2-6-14-33;1-3-10-32(11-4-1)34-17-23-38(24-18-34)49-44-28-22-36(30-42(44)47-45(49)16-9-29-48-47)37-21-27-41-40-14-7-8-15-43(40)50(46(41)31-37)39-25-19-35(20-26-39)33-12-5-2-6-13-33/h3*1-31H. The highest BCUT2D eigenvalue weighted by Crippen LogP contribution is 2.46. The Labute approximate surface area is 866 Å². The Balaban J connectivity index is 0.000000108. The van der Waals surface area contributed by atoms with Gasteiger partial charge in [0.15, 0.2) is 0 Å². The van der Waals surface area contributed by atoms with Crippen molar-refractivity contribution in [2.45, 2.75) is 0 Å². The maximum atomic E-state index is 4.91. The van der Waals surface area contributed by atoms with Crippen molar-refractivity contribution >= 4 is 131 Å². The molecule has 0 saturated carbocycles. The molecule has 0 amide bonds. The Bertz CT molecular complexity index is 10400. The highest BCUT2D eigenvalue weighted by Gasteiger charge is 2.25. The number of nitrogens with zero attached hydrogens (tertiary/aromatic N) is 9. The van der Waals surface area contributed by atoms with Crippen LogP contribution in [0.1, 0.15) is 0 Å². The van der Waals surface area contributed by atoms with Crippen LogP contribution in [-0.2, 0) is 0 Å². The van der Waals surface area contributed by atoms with Gasteiger partial charge in [-0.25, -0.2) is 0 Å². The molecule has 9 heteroatoms. The number of benzene rings is 21. The van der Waals surface area contributed by atoms with Gasteiger partial charge in [-0.2, -0.15) is 0 Å². The summed E-state index contributed by atoms with van der Waals surface area (Å²) in [6.07, 6.45) is 5.68. The largest absolute Gasteiger partial charge is 0.309 e. The summed E-state index contributed by atoms with van der Waals surface area (Å²) in [6.45, 7) is 0. The number of hydrogen-bond acceptors (Lipinski definition) is 3. The van der Waals surface area contributed by atoms with Crippen molar-refractivity contribution in [2.75, 3.05) is 0 Å². The number of hydrogen-bond donors (Lipinski definition) is 0. The molecule has 30 aromatic rings. The first-order chi connectivity index (χ1) is 74.4. The molecule has 0 saturated heterocycles. The predicted octanol–water partition coefficient (Wildman–Crippen LogP) is 36.8. The van der Waals surface area contributed by atoms with Crippen LogP contribution in [0.5, 0.6) is 0 Å². The summed E-state index contributed by atoms with van der Waals surface area (Å²) in [7, 11) is 0. The van der Waals surface area contributed by atoms with E-state index in [2.05, 4.69) is 555 Å². The molecule has 0 unspecified atom stereocenters. The van der Waals surface area contributed by atoms with Gasteiger partial charge in [0.2, 0.25) is 0 Å². The van der Waals surface area contributed by atoms with Crippen LogP contribution in [0.25, 0.3) is 265 Å². The second kappa shape index (κ2) is 37.2. The van der Waals surface area contributed by atoms with E-state index in [9.17, 15) is 0 Å². The van der Waals surface area contributed by atoms with Crippen LogP contribution in [0.3, 0.4) is 0 Å². The molecule has 9 heterocycles. The molecule has 702 valence electrons. The van der Waals surface area contributed by atoms with Crippen LogP contribution in [0.15, 0.2) is 565 Å². The van der Waals surface area contributed by atoms with Gasteiger partial charge >= 0.3 is 0 Å². The van der Waals surface area contributed by atoms with Crippen LogP contribution in [0.4, 0.5) is 0 Å². The zero-order valence-electron chi connectivity index (χ0n) is 81.7. The second-order valence-electron chi connectivity index (χ2n) is 38.6. The Hall–Kier alpha value is -20.1. The van der Waals surface area contributed by atoms with E-state index in [0.29, 0.717) is 0 Å². The van der Waals surface area contributed by atoms with E-state index in [1.807, 2.05) is 36.8 Å². The summed E-state index contributed by atoms with van der Waals surface area (Å²) in [5.74, 6) is 0. The van der Waals surface area contributed by atoms with Gasteiger partial charge in [0.1, 0.15) is 0 Å². The van der Waals surface area contributed by atoms with Gasteiger partial charge in [0.05, 0.1) is 82.8 Å². The fourth-order valence-corrected chi connectivity index (χ4v) is 22.8. The summed E-state index contributed by atoms with van der Waals surface area (Å²) in [6, 6.07) is 196. The van der Waals surface area contributed by atoms with Gasteiger partial charge in [0.25, 0.3) is 0 Å². The lowest BCUT2D eigenvalue weighted by molar-refractivity contribution is 1.18. The average molecular weight is 1910 g/mol. The maximum absolute atomic E-state index is 4.91. The molecule has 0 spiro atoms.